The van der Waals surface area contributed by atoms with Gasteiger partial charge >= 0.3 is 7.12 Å². The summed E-state index contributed by atoms with van der Waals surface area (Å²) >= 11 is 0. The number of aromatic nitrogens is 1. The zero-order valence-corrected chi connectivity index (χ0v) is 9.75. The Kier molecular flexibility index (Phi) is 3.89. The Balaban J connectivity index is 2.26. The zero-order chi connectivity index (χ0) is 13.8. The van der Waals surface area contributed by atoms with Gasteiger partial charge in [-0.2, -0.15) is 0 Å². The fraction of sp³-hybridized carbons (Fsp3) is 0. The highest BCUT2D eigenvalue weighted by atomic mass is 19.1. The normalized spacial score (nSPS) is 10.1. The van der Waals surface area contributed by atoms with Crippen molar-refractivity contribution in [3.8, 4) is 0 Å². The molecule has 0 aliphatic carbocycles. The SMILES string of the molecule is O=C(Nc1ccccn1)c1cc(B(O)O)ccc1F. The van der Waals surface area contributed by atoms with Crippen molar-refractivity contribution in [1.82, 2.24) is 4.98 Å². The van der Waals surface area contributed by atoms with E-state index in [1.807, 2.05) is 0 Å². The minimum absolute atomic E-state index is 0.0348. The Hall–Kier alpha value is -2.25. The van der Waals surface area contributed by atoms with Gasteiger partial charge in [-0.15, -0.1) is 0 Å². The van der Waals surface area contributed by atoms with E-state index in [1.165, 1.54) is 12.3 Å². The van der Waals surface area contributed by atoms with Crippen LogP contribution in [0.15, 0.2) is 42.6 Å². The maximum absolute atomic E-state index is 13.5. The van der Waals surface area contributed by atoms with Gasteiger partial charge in [-0.3, -0.25) is 4.79 Å². The molecule has 2 rings (SSSR count). The molecule has 0 aliphatic rings. The molecule has 1 aromatic carbocycles. The van der Waals surface area contributed by atoms with Crippen LogP contribution in [0.25, 0.3) is 0 Å². The molecule has 0 saturated carbocycles. The first kappa shape index (κ1) is 13.2. The van der Waals surface area contributed by atoms with Crippen LogP contribution in [-0.2, 0) is 0 Å². The van der Waals surface area contributed by atoms with E-state index in [4.69, 9.17) is 10.0 Å². The summed E-state index contributed by atoms with van der Waals surface area (Å²) in [6.45, 7) is 0. The second-order valence-electron chi connectivity index (χ2n) is 3.78. The number of carbonyl (C=O) groups is 1. The molecule has 0 bridgehead atoms. The first-order valence-electron chi connectivity index (χ1n) is 5.46. The molecule has 5 nitrogen and oxygen atoms in total. The molecule has 1 amide bonds. The van der Waals surface area contributed by atoms with Crippen molar-refractivity contribution < 1.29 is 19.2 Å². The van der Waals surface area contributed by atoms with Crippen molar-refractivity contribution >= 4 is 24.3 Å². The molecule has 19 heavy (non-hydrogen) atoms. The molecule has 0 unspecified atom stereocenters. The van der Waals surface area contributed by atoms with Gasteiger partial charge in [0.25, 0.3) is 5.91 Å². The van der Waals surface area contributed by atoms with Gasteiger partial charge in [0.15, 0.2) is 0 Å². The molecule has 96 valence electrons. The lowest BCUT2D eigenvalue weighted by atomic mass is 9.79. The van der Waals surface area contributed by atoms with Crippen LogP contribution < -0.4 is 10.8 Å². The van der Waals surface area contributed by atoms with Gasteiger partial charge in [-0.1, -0.05) is 12.1 Å². The van der Waals surface area contributed by atoms with Gasteiger partial charge in [0.1, 0.15) is 11.6 Å². The summed E-state index contributed by atoms with van der Waals surface area (Å²) in [4.78, 5) is 15.7. The third-order valence-electron chi connectivity index (χ3n) is 2.44. The molecular weight excluding hydrogens is 250 g/mol. The fourth-order valence-corrected chi connectivity index (χ4v) is 1.50. The molecule has 0 atom stereocenters. The average Bonchev–Trinajstić information content (AvgIpc) is 2.40. The lowest BCUT2D eigenvalue weighted by molar-refractivity contribution is 0.102. The Morgan fingerprint density at radius 2 is 2.05 bits per heavy atom. The molecule has 3 N–H and O–H groups in total. The summed E-state index contributed by atoms with van der Waals surface area (Å²) in [5.41, 5.74) is -0.246. The number of carbonyl (C=O) groups excluding carboxylic acids is 1. The monoisotopic (exact) mass is 260 g/mol. The minimum atomic E-state index is -1.76. The molecule has 1 aromatic heterocycles. The minimum Gasteiger partial charge on any atom is -0.423 e. The van der Waals surface area contributed by atoms with E-state index < -0.39 is 18.8 Å². The van der Waals surface area contributed by atoms with Crippen molar-refractivity contribution in [1.29, 1.82) is 0 Å². The third-order valence-corrected chi connectivity index (χ3v) is 2.44. The topological polar surface area (TPSA) is 82.5 Å². The summed E-state index contributed by atoms with van der Waals surface area (Å²) < 4.78 is 13.5. The van der Waals surface area contributed by atoms with E-state index in [-0.39, 0.29) is 16.8 Å². The van der Waals surface area contributed by atoms with E-state index in [1.54, 1.807) is 18.2 Å². The number of rotatable bonds is 3. The van der Waals surface area contributed by atoms with E-state index in [0.717, 1.165) is 12.1 Å². The van der Waals surface area contributed by atoms with Crippen molar-refractivity contribution in [3.05, 3.63) is 54.0 Å². The van der Waals surface area contributed by atoms with Crippen LogP contribution in [0.5, 0.6) is 0 Å². The van der Waals surface area contributed by atoms with E-state index in [9.17, 15) is 9.18 Å². The van der Waals surface area contributed by atoms with Crippen molar-refractivity contribution in [2.45, 2.75) is 0 Å². The highest BCUT2D eigenvalue weighted by Crippen LogP contribution is 2.09. The predicted molar refractivity (Wildman–Crippen MR) is 68.4 cm³/mol. The fourth-order valence-electron chi connectivity index (χ4n) is 1.50. The number of nitrogens with zero attached hydrogens (tertiary/aromatic N) is 1. The van der Waals surface area contributed by atoms with Crippen molar-refractivity contribution in [2.24, 2.45) is 0 Å². The lowest BCUT2D eigenvalue weighted by Gasteiger charge is -2.07. The second kappa shape index (κ2) is 5.60. The number of amides is 1. The lowest BCUT2D eigenvalue weighted by Crippen LogP contribution is -2.31. The van der Waals surface area contributed by atoms with Crippen LogP contribution in [0.4, 0.5) is 10.2 Å². The Morgan fingerprint density at radius 1 is 1.26 bits per heavy atom. The Bertz CT molecular complexity index is 593. The first-order chi connectivity index (χ1) is 9.08. The van der Waals surface area contributed by atoms with Gasteiger partial charge in [-0.05, 0) is 29.7 Å². The number of hydrogen-bond acceptors (Lipinski definition) is 4. The highest BCUT2D eigenvalue weighted by Gasteiger charge is 2.17. The number of hydrogen-bond donors (Lipinski definition) is 3. The summed E-state index contributed by atoms with van der Waals surface area (Å²) in [5.74, 6) is -1.18. The molecule has 2 aromatic rings. The van der Waals surface area contributed by atoms with Gasteiger partial charge in [0.05, 0.1) is 5.56 Å². The third kappa shape index (κ3) is 3.15. The quantitative estimate of drug-likeness (QED) is 0.686. The van der Waals surface area contributed by atoms with Crippen LogP contribution in [0, 0.1) is 5.82 Å². The maximum atomic E-state index is 13.5. The molecule has 1 heterocycles. The highest BCUT2D eigenvalue weighted by molar-refractivity contribution is 6.58. The van der Waals surface area contributed by atoms with Gasteiger partial charge in [0, 0.05) is 6.20 Å². The maximum Gasteiger partial charge on any atom is 0.488 e. The first-order valence-corrected chi connectivity index (χ1v) is 5.46. The molecule has 0 aliphatic heterocycles. The van der Waals surface area contributed by atoms with Crippen molar-refractivity contribution in [3.63, 3.8) is 0 Å². The molecule has 0 saturated heterocycles. The molecule has 0 radical (unpaired) electrons. The summed E-state index contributed by atoms with van der Waals surface area (Å²) in [6.07, 6.45) is 1.49. The largest absolute Gasteiger partial charge is 0.488 e. The zero-order valence-electron chi connectivity index (χ0n) is 9.75. The van der Waals surface area contributed by atoms with Crippen LogP contribution in [0.3, 0.4) is 0 Å². The Labute approximate surface area is 108 Å². The van der Waals surface area contributed by atoms with Crippen LogP contribution in [0.2, 0.25) is 0 Å². The van der Waals surface area contributed by atoms with Gasteiger partial charge in [0.2, 0.25) is 0 Å². The molecule has 7 heteroatoms. The van der Waals surface area contributed by atoms with E-state index >= 15 is 0 Å². The average molecular weight is 260 g/mol. The number of nitrogens with one attached hydrogen (secondary N) is 1. The molecular formula is C12H10BFN2O3. The van der Waals surface area contributed by atoms with Gasteiger partial charge < -0.3 is 15.4 Å². The van der Waals surface area contributed by atoms with Crippen LogP contribution >= 0.6 is 0 Å². The van der Waals surface area contributed by atoms with Gasteiger partial charge in [-0.25, -0.2) is 9.37 Å². The summed E-state index contributed by atoms with van der Waals surface area (Å²) in [6, 6.07) is 8.18. The number of halogens is 1. The second-order valence-corrected chi connectivity index (χ2v) is 3.78. The van der Waals surface area contributed by atoms with Crippen LogP contribution in [0.1, 0.15) is 10.4 Å². The number of anilines is 1. The predicted octanol–water partition coefficient (Wildman–Crippen LogP) is 0.153. The number of benzene rings is 1. The van der Waals surface area contributed by atoms with E-state index in [2.05, 4.69) is 10.3 Å². The summed E-state index contributed by atoms with van der Waals surface area (Å²) in [5, 5.41) is 20.4. The standard InChI is InChI=1S/C12H10BFN2O3/c14-10-5-4-8(13(18)19)7-9(10)12(17)16-11-3-1-2-6-15-11/h1-7,18-19H,(H,15,16,17). The smallest absolute Gasteiger partial charge is 0.423 e. The van der Waals surface area contributed by atoms with Crippen molar-refractivity contribution in [2.75, 3.05) is 5.32 Å². The van der Waals surface area contributed by atoms with E-state index in [0.29, 0.717) is 0 Å². The Morgan fingerprint density at radius 3 is 2.68 bits per heavy atom. The van der Waals surface area contributed by atoms with Crippen LogP contribution in [-0.4, -0.2) is 28.1 Å². The molecule has 0 spiro atoms. The number of pyridine rings is 1. The molecule has 0 fully saturated rings. The summed E-state index contributed by atoms with van der Waals surface area (Å²) in [7, 11) is -1.76.